The molecule has 2 nitrogen and oxygen atoms in total. The van der Waals surface area contributed by atoms with Crippen LogP contribution in [0.5, 0.6) is 0 Å². The summed E-state index contributed by atoms with van der Waals surface area (Å²) in [7, 11) is 0. The molecular formula is C40H32N2. The molecule has 0 N–H and O–H groups in total. The molecule has 2 aliphatic carbocycles. The minimum absolute atomic E-state index is 0.266. The lowest BCUT2D eigenvalue weighted by Gasteiger charge is -2.35. The van der Waals surface area contributed by atoms with Crippen molar-refractivity contribution in [3.63, 3.8) is 0 Å². The van der Waals surface area contributed by atoms with Crippen LogP contribution in [0.4, 0.5) is 28.4 Å². The number of nitrogens with zero attached hydrogens (tertiary/aromatic N) is 2. The molecule has 8 rings (SSSR count). The predicted octanol–water partition coefficient (Wildman–Crippen LogP) is 10.6. The molecule has 0 saturated heterocycles. The van der Waals surface area contributed by atoms with Crippen LogP contribution >= 0.6 is 0 Å². The second kappa shape index (κ2) is 10.4. The number of hydrogen-bond acceptors (Lipinski definition) is 2. The maximum Gasteiger partial charge on any atom is 0.0560 e. The van der Waals surface area contributed by atoms with E-state index in [1.54, 1.807) is 0 Å². The van der Waals surface area contributed by atoms with E-state index in [1.165, 1.54) is 61.1 Å². The zero-order valence-corrected chi connectivity index (χ0v) is 23.5. The summed E-state index contributed by atoms with van der Waals surface area (Å²) in [4.78, 5) is 4.96. The molecule has 0 heterocycles. The van der Waals surface area contributed by atoms with Crippen LogP contribution in [0.1, 0.15) is 17.5 Å². The number of anilines is 5. The lowest BCUT2D eigenvalue weighted by molar-refractivity contribution is 0.787. The second-order valence-corrected chi connectivity index (χ2v) is 11.2. The predicted molar refractivity (Wildman–Crippen MR) is 179 cm³/mol. The highest BCUT2D eigenvalue weighted by Crippen LogP contribution is 2.47. The van der Waals surface area contributed by atoms with Crippen molar-refractivity contribution in [3.05, 3.63) is 163 Å². The number of rotatable bonds is 6. The molecule has 0 aliphatic heterocycles. The average molecular weight is 541 g/mol. The van der Waals surface area contributed by atoms with Gasteiger partial charge in [-0.2, -0.15) is 0 Å². The van der Waals surface area contributed by atoms with Gasteiger partial charge in [0.1, 0.15) is 0 Å². The van der Waals surface area contributed by atoms with Crippen LogP contribution in [0, 0.1) is 0 Å². The molecule has 2 aliphatic rings. The highest BCUT2D eigenvalue weighted by atomic mass is 15.2. The Morgan fingerprint density at radius 2 is 1.17 bits per heavy atom. The molecule has 6 aromatic carbocycles. The largest absolute Gasteiger partial charge is 0.334 e. The van der Waals surface area contributed by atoms with Gasteiger partial charge in [0.2, 0.25) is 0 Å². The van der Waals surface area contributed by atoms with Gasteiger partial charge >= 0.3 is 0 Å². The van der Waals surface area contributed by atoms with E-state index >= 15 is 0 Å². The molecule has 0 amide bonds. The molecular weight excluding hydrogens is 508 g/mol. The van der Waals surface area contributed by atoms with Gasteiger partial charge < -0.3 is 9.80 Å². The first kappa shape index (κ1) is 24.7. The Balaban J connectivity index is 1.38. The van der Waals surface area contributed by atoms with E-state index < -0.39 is 0 Å². The van der Waals surface area contributed by atoms with Crippen LogP contribution in [0.15, 0.2) is 152 Å². The third-order valence-corrected chi connectivity index (χ3v) is 8.81. The summed E-state index contributed by atoms with van der Waals surface area (Å²) in [5.41, 5.74) is 9.00. The Morgan fingerprint density at radius 3 is 1.83 bits per heavy atom. The van der Waals surface area contributed by atoms with Crippen LogP contribution in [0.3, 0.4) is 0 Å². The van der Waals surface area contributed by atoms with Crippen molar-refractivity contribution in [1.29, 1.82) is 0 Å². The molecule has 42 heavy (non-hydrogen) atoms. The molecule has 6 aromatic rings. The number of para-hydroxylation sites is 3. The maximum absolute atomic E-state index is 2.53. The average Bonchev–Trinajstić information content (AvgIpc) is 3.07. The number of allylic oxidation sites excluding steroid dienone is 2. The third-order valence-electron chi connectivity index (χ3n) is 8.81. The van der Waals surface area contributed by atoms with Crippen molar-refractivity contribution < 1.29 is 0 Å². The van der Waals surface area contributed by atoms with Crippen LogP contribution < -0.4 is 9.80 Å². The number of benzene rings is 6. The number of aryl methyl sites for hydroxylation is 2. The zero-order valence-electron chi connectivity index (χ0n) is 23.5. The lowest BCUT2D eigenvalue weighted by Crippen LogP contribution is -2.30. The summed E-state index contributed by atoms with van der Waals surface area (Å²) in [6.07, 6.45) is 12.0. The van der Waals surface area contributed by atoms with Crippen LogP contribution in [0.25, 0.3) is 21.5 Å². The Bertz CT molecular complexity index is 1920. The van der Waals surface area contributed by atoms with Gasteiger partial charge in [-0.15, -0.1) is 0 Å². The summed E-state index contributed by atoms with van der Waals surface area (Å²) in [6, 6.07) is 46.8. The highest BCUT2D eigenvalue weighted by Gasteiger charge is 2.26. The first-order valence-corrected chi connectivity index (χ1v) is 14.9. The Morgan fingerprint density at radius 1 is 0.524 bits per heavy atom. The van der Waals surface area contributed by atoms with E-state index in [4.69, 9.17) is 0 Å². The minimum Gasteiger partial charge on any atom is -0.334 e. The van der Waals surface area contributed by atoms with Gasteiger partial charge in [0.05, 0.1) is 6.04 Å². The van der Waals surface area contributed by atoms with Crippen molar-refractivity contribution in [2.45, 2.75) is 25.3 Å². The van der Waals surface area contributed by atoms with Gasteiger partial charge in [-0.25, -0.2) is 0 Å². The van der Waals surface area contributed by atoms with Crippen molar-refractivity contribution in [2.24, 2.45) is 0 Å². The van der Waals surface area contributed by atoms with Gasteiger partial charge in [-0.3, -0.25) is 0 Å². The van der Waals surface area contributed by atoms with Crippen molar-refractivity contribution in [1.82, 2.24) is 0 Å². The monoisotopic (exact) mass is 540 g/mol. The van der Waals surface area contributed by atoms with Crippen LogP contribution in [-0.4, -0.2) is 6.04 Å². The Labute approximate surface area is 247 Å². The van der Waals surface area contributed by atoms with Gasteiger partial charge in [0, 0.05) is 33.8 Å². The van der Waals surface area contributed by atoms with E-state index in [0.717, 1.165) is 19.3 Å². The first-order valence-electron chi connectivity index (χ1n) is 14.9. The van der Waals surface area contributed by atoms with Crippen LogP contribution in [0.2, 0.25) is 0 Å². The Hall–Kier alpha value is -5.08. The molecule has 0 spiro atoms. The molecule has 1 atom stereocenters. The third kappa shape index (κ3) is 4.11. The van der Waals surface area contributed by atoms with E-state index in [1.807, 2.05) is 0 Å². The first-order chi connectivity index (χ1) is 20.9. The van der Waals surface area contributed by atoms with Gasteiger partial charge in [0.15, 0.2) is 0 Å². The number of hydrogen-bond donors (Lipinski definition) is 0. The fraction of sp³-hybridized carbons (Fsp3) is 0.100. The molecule has 0 aromatic heterocycles. The minimum atomic E-state index is 0.266. The molecule has 0 bridgehead atoms. The zero-order chi connectivity index (χ0) is 27.9. The lowest BCUT2D eigenvalue weighted by atomic mass is 9.84. The van der Waals surface area contributed by atoms with Gasteiger partial charge in [-0.05, 0) is 95.1 Å². The van der Waals surface area contributed by atoms with E-state index in [2.05, 4.69) is 161 Å². The molecule has 1 unspecified atom stereocenters. The SMILES string of the molecule is C1=CCC(N(c2ccccc2)c2ccc3c4c2ccc2ccc(N(c5ccccc5)c5ccccc5)c(c24)CC3)C=C1. The second-order valence-electron chi connectivity index (χ2n) is 11.2. The van der Waals surface area contributed by atoms with E-state index in [0.29, 0.717) is 0 Å². The van der Waals surface area contributed by atoms with Crippen molar-refractivity contribution in [2.75, 3.05) is 9.80 Å². The van der Waals surface area contributed by atoms with Crippen molar-refractivity contribution in [3.8, 4) is 0 Å². The van der Waals surface area contributed by atoms with Gasteiger partial charge in [0.25, 0.3) is 0 Å². The smallest absolute Gasteiger partial charge is 0.0560 e. The summed E-state index contributed by atoms with van der Waals surface area (Å²) < 4.78 is 0. The fourth-order valence-electron chi connectivity index (χ4n) is 6.96. The topological polar surface area (TPSA) is 6.48 Å². The van der Waals surface area contributed by atoms with E-state index in [-0.39, 0.29) is 6.04 Å². The summed E-state index contributed by atoms with van der Waals surface area (Å²) >= 11 is 0. The molecule has 2 heteroatoms. The molecule has 0 fully saturated rings. The maximum atomic E-state index is 2.53. The summed E-state index contributed by atoms with van der Waals surface area (Å²) in [5.74, 6) is 0. The Kier molecular flexibility index (Phi) is 6.11. The molecule has 0 saturated carbocycles. The standard InChI is InChI=1S/C40H32N2/c1-5-13-31(14-6-1)41(32-15-7-2-8-16-32)37-27-23-29-22-26-36-38(28-24-30-21-25-35(37)39(29)40(30)36)42(33-17-9-3-10-18-33)34-19-11-4-12-20-34/h1-19,22-24,26-28,34H,20-21,25H2. The molecule has 0 radical (unpaired) electrons. The van der Waals surface area contributed by atoms with Crippen molar-refractivity contribution >= 4 is 50.0 Å². The molecule has 202 valence electrons. The quantitative estimate of drug-likeness (QED) is 0.194. The fourth-order valence-corrected chi connectivity index (χ4v) is 6.96. The van der Waals surface area contributed by atoms with Gasteiger partial charge in [-0.1, -0.05) is 103 Å². The summed E-state index contributed by atoms with van der Waals surface area (Å²) in [5, 5.41) is 5.45. The van der Waals surface area contributed by atoms with Crippen LogP contribution in [-0.2, 0) is 12.8 Å². The normalized spacial score (nSPS) is 15.4. The van der Waals surface area contributed by atoms with E-state index in [9.17, 15) is 0 Å². The summed E-state index contributed by atoms with van der Waals surface area (Å²) in [6.45, 7) is 0. The highest BCUT2D eigenvalue weighted by molar-refractivity contribution is 6.17.